The van der Waals surface area contributed by atoms with Gasteiger partial charge in [-0.15, -0.1) is 0 Å². The molecule has 0 fully saturated rings. The standard InChI is InChI=1S/C21H24N6/c1-15(24-13-16-7-6-9-22-12-16)17-14-25-27-20(17)26-19(11-21(27,2)3)18-8-4-5-10-23-18/h4-10,12,14,19,24,26H,1,11,13H2,2-3H3. The van der Waals surface area contributed by atoms with Gasteiger partial charge in [-0.05, 0) is 44.0 Å². The molecule has 3 aromatic rings. The summed E-state index contributed by atoms with van der Waals surface area (Å²) in [6, 6.07) is 10.1. The fourth-order valence-corrected chi connectivity index (χ4v) is 3.54. The van der Waals surface area contributed by atoms with Gasteiger partial charge in [0.15, 0.2) is 0 Å². The van der Waals surface area contributed by atoms with E-state index in [2.05, 4.69) is 56.9 Å². The molecule has 0 spiro atoms. The normalized spacial score (nSPS) is 17.6. The highest BCUT2D eigenvalue weighted by Gasteiger charge is 2.36. The highest BCUT2D eigenvalue weighted by atomic mass is 15.4. The van der Waals surface area contributed by atoms with Gasteiger partial charge in [0.25, 0.3) is 0 Å². The molecule has 1 atom stereocenters. The van der Waals surface area contributed by atoms with E-state index in [4.69, 9.17) is 0 Å². The fraction of sp³-hybridized carbons (Fsp3) is 0.286. The minimum Gasteiger partial charge on any atom is -0.381 e. The monoisotopic (exact) mass is 360 g/mol. The Hall–Kier alpha value is -3.15. The number of anilines is 1. The third-order valence-corrected chi connectivity index (χ3v) is 4.96. The van der Waals surface area contributed by atoms with Crippen molar-refractivity contribution in [2.45, 2.75) is 38.4 Å². The summed E-state index contributed by atoms with van der Waals surface area (Å²) in [7, 11) is 0. The Bertz CT molecular complexity index is 930. The van der Waals surface area contributed by atoms with Gasteiger partial charge in [-0.25, -0.2) is 4.68 Å². The van der Waals surface area contributed by atoms with Crippen LogP contribution in [0.15, 0.2) is 61.7 Å². The molecule has 4 heterocycles. The van der Waals surface area contributed by atoms with Gasteiger partial charge in [-0.3, -0.25) is 9.97 Å². The van der Waals surface area contributed by atoms with Crippen LogP contribution in [0.2, 0.25) is 0 Å². The summed E-state index contributed by atoms with van der Waals surface area (Å²) in [5.41, 5.74) is 3.85. The average molecular weight is 360 g/mol. The van der Waals surface area contributed by atoms with E-state index in [0.717, 1.165) is 34.8 Å². The first kappa shape index (κ1) is 17.3. The van der Waals surface area contributed by atoms with Crippen molar-refractivity contribution in [3.8, 4) is 0 Å². The molecule has 6 heteroatoms. The van der Waals surface area contributed by atoms with Crippen molar-refractivity contribution in [1.82, 2.24) is 25.1 Å². The van der Waals surface area contributed by atoms with E-state index in [-0.39, 0.29) is 11.6 Å². The summed E-state index contributed by atoms with van der Waals surface area (Å²) in [6.45, 7) is 9.30. The van der Waals surface area contributed by atoms with Crippen molar-refractivity contribution in [1.29, 1.82) is 0 Å². The number of nitrogens with one attached hydrogen (secondary N) is 2. The van der Waals surface area contributed by atoms with Gasteiger partial charge in [-0.2, -0.15) is 5.10 Å². The highest BCUT2D eigenvalue weighted by molar-refractivity contribution is 5.72. The Morgan fingerprint density at radius 3 is 2.89 bits per heavy atom. The lowest BCUT2D eigenvalue weighted by molar-refractivity contribution is 0.262. The third-order valence-electron chi connectivity index (χ3n) is 4.96. The second kappa shape index (κ2) is 6.87. The molecule has 6 nitrogen and oxygen atoms in total. The summed E-state index contributed by atoms with van der Waals surface area (Å²) in [4.78, 5) is 8.69. The molecule has 0 aliphatic carbocycles. The van der Waals surface area contributed by atoms with Crippen molar-refractivity contribution in [2.24, 2.45) is 0 Å². The SMILES string of the molecule is C=C(NCc1cccnc1)c1cnn2c1NC(c1ccccn1)CC2(C)C. The van der Waals surface area contributed by atoms with Crippen LogP contribution in [0, 0.1) is 0 Å². The molecule has 0 saturated carbocycles. The largest absolute Gasteiger partial charge is 0.381 e. The van der Waals surface area contributed by atoms with Crippen LogP contribution in [0.25, 0.3) is 5.70 Å². The summed E-state index contributed by atoms with van der Waals surface area (Å²) in [5.74, 6) is 0.977. The molecule has 1 aliphatic rings. The van der Waals surface area contributed by atoms with E-state index >= 15 is 0 Å². The fourth-order valence-electron chi connectivity index (χ4n) is 3.54. The quantitative estimate of drug-likeness (QED) is 0.726. The van der Waals surface area contributed by atoms with Gasteiger partial charge in [0.2, 0.25) is 0 Å². The maximum Gasteiger partial charge on any atom is 0.134 e. The third kappa shape index (κ3) is 3.43. The van der Waals surface area contributed by atoms with Gasteiger partial charge in [0.05, 0.1) is 29.0 Å². The Balaban J connectivity index is 1.58. The van der Waals surface area contributed by atoms with Crippen molar-refractivity contribution < 1.29 is 0 Å². The van der Waals surface area contributed by atoms with Crippen LogP contribution < -0.4 is 10.6 Å². The first-order valence-electron chi connectivity index (χ1n) is 9.12. The van der Waals surface area contributed by atoms with Crippen LogP contribution in [0.4, 0.5) is 5.82 Å². The Kier molecular flexibility index (Phi) is 4.39. The number of hydrogen-bond acceptors (Lipinski definition) is 5. The number of nitrogens with zero attached hydrogens (tertiary/aromatic N) is 4. The Morgan fingerprint density at radius 1 is 1.26 bits per heavy atom. The van der Waals surface area contributed by atoms with E-state index < -0.39 is 0 Å². The summed E-state index contributed by atoms with van der Waals surface area (Å²) >= 11 is 0. The van der Waals surface area contributed by atoms with Gasteiger partial charge < -0.3 is 10.6 Å². The molecule has 1 aliphatic heterocycles. The van der Waals surface area contributed by atoms with E-state index in [1.165, 1.54) is 0 Å². The van der Waals surface area contributed by atoms with Crippen molar-refractivity contribution in [3.05, 3.63) is 78.5 Å². The van der Waals surface area contributed by atoms with Crippen LogP contribution in [0.5, 0.6) is 0 Å². The molecule has 0 aromatic carbocycles. The number of aromatic nitrogens is 4. The van der Waals surface area contributed by atoms with Gasteiger partial charge in [0.1, 0.15) is 5.82 Å². The van der Waals surface area contributed by atoms with Crippen molar-refractivity contribution >= 4 is 11.5 Å². The van der Waals surface area contributed by atoms with Crippen LogP contribution in [0.1, 0.15) is 43.1 Å². The van der Waals surface area contributed by atoms with E-state index in [1.54, 1.807) is 6.20 Å². The average Bonchev–Trinajstić information content (AvgIpc) is 3.12. The molecular weight excluding hydrogens is 336 g/mol. The lowest BCUT2D eigenvalue weighted by atomic mass is 9.91. The molecule has 0 bridgehead atoms. The smallest absolute Gasteiger partial charge is 0.134 e. The molecule has 3 aromatic heterocycles. The summed E-state index contributed by atoms with van der Waals surface area (Å²) < 4.78 is 2.05. The second-order valence-electron chi connectivity index (χ2n) is 7.48. The van der Waals surface area contributed by atoms with Crippen LogP contribution >= 0.6 is 0 Å². The first-order chi connectivity index (χ1) is 13.0. The molecule has 0 radical (unpaired) electrons. The number of rotatable bonds is 5. The predicted octanol–water partition coefficient (Wildman–Crippen LogP) is 3.73. The molecule has 4 rings (SSSR count). The summed E-state index contributed by atoms with van der Waals surface area (Å²) in [5, 5.41) is 11.6. The maximum atomic E-state index is 4.63. The second-order valence-corrected chi connectivity index (χ2v) is 7.48. The molecule has 2 N–H and O–H groups in total. The highest BCUT2D eigenvalue weighted by Crippen LogP contribution is 2.40. The number of hydrogen-bond donors (Lipinski definition) is 2. The Morgan fingerprint density at radius 2 is 2.15 bits per heavy atom. The maximum absolute atomic E-state index is 4.63. The molecule has 138 valence electrons. The number of pyridine rings is 2. The molecule has 1 unspecified atom stereocenters. The van der Waals surface area contributed by atoms with E-state index in [0.29, 0.717) is 6.54 Å². The van der Waals surface area contributed by atoms with Crippen LogP contribution in [-0.2, 0) is 12.1 Å². The molecule has 0 saturated heterocycles. The van der Waals surface area contributed by atoms with Gasteiger partial charge in [0, 0.05) is 30.8 Å². The van der Waals surface area contributed by atoms with E-state index in [1.807, 2.05) is 42.9 Å². The Labute approximate surface area is 159 Å². The van der Waals surface area contributed by atoms with Crippen LogP contribution in [-0.4, -0.2) is 19.7 Å². The molecule has 27 heavy (non-hydrogen) atoms. The van der Waals surface area contributed by atoms with Gasteiger partial charge >= 0.3 is 0 Å². The lowest BCUT2D eigenvalue weighted by Gasteiger charge is -2.38. The topological polar surface area (TPSA) is 67.7 Å². The lowest BCUT2D eigenvalue weighted by Crippen LogP contribution is -2.38. The van der Waals surface area contributed by atoms with Crippen molar-refractivity contribution in [3.63, 3.8) is 0 Å². The van der Waals surface area contributed by atoms with Gasteiger partial charge in [-0.1, -0.05) is 18.7 Å². The zero-order valence-corrected chi connectivity index (χ0v) is 15.7. The molecule has 0 amide bonds. The van der Waals surface area contributed by atoms with E-state index in [9.17, 15) is 0 Å². The molecular formula is C21H24N6. The minimum absolute atomic E-state index is 0.120. The zero-order valence-electron chi connectivity index (χ0n) is 15.7. The predicted molar refractivity (Wildman–Crippen MR) is 107 cm³/mol. The number of fused-ring (bicyclic) bond motifs is 1. The minimum atomic E-state index is -0.120. The van der Waals surface area contributed by atoms with Crippen molar-refractivity contribution in [2.75, 3.05) is 5.32 Å². The van der Waals surface area contributed by atoms with Crippen LogP contribution in [0.3, 0.4) is 0 Å². The first-order valence-corrected chi connectivity index (χ1v) is 9.12. The zero-order chi connectivity index (χ0) is 18.9. The summed E-state index contributed by atoms with van der Waals surface area (Å²) in [6.07, 6.45) is 8.25.